The van der Waals surface area contributed by atoms with Gasteiger partial charge >= 0.3 is 0 Å². The second-order valence-corrected chi connectivity index (χ2v) is 5.82. The molecular weight excluding hydrogens is 354 g/mol. The molecular formula is C15H12FIN2. The van der Waals surface area contributed by atoms with Gasteiger partial charge in [-0.25, -0.2) is 4.39 Å². The number of aromatic nitrogens is 2. The van der Waals surface area contributed by atoms with Crippen LogP contribution in [0.2, 0.25) is 0 Å². The van der Waals surface area contributed by atoms with Crippen LogP contribution >= 0.6 is 22.6 Å². The molecule has 19 heavy (non-hydrogen) atoms. The van der Waals surface area contributed by atoms with Crippen LogP contribution in [0.3, 0.4) is 0 Å². The van der Waals surface area contributed by atoms with Gasteiger partial charge in [-0.15, -0.1) is 0 Å². The quantitative estimate of drug-likeness (QED) is 0.624. The Kier molecular flexibility index (Phi) is 3.26. The standard InChI is InChI=1S/C15H12FIN2/c1-10-2-4-13(16)6-12(10)9-19-15-7-14(17)5-3-11(15)8-18-19/h2-8H,9H2,1H3. The van der Waals surface area contributed by atoms with E-state index < -0.39 is 0 Å². The molecule has 0 aliphatic carbocycles. The Morgan fingerprint density at radius 2 is 2.05 bits per heavy atom. The van der Waals surface area contributed by atoms with Crippen molar-refractivity contribution in [2.75, 3.05) is 0 Å². The minimum atomic E-state index is -0.202. The Bertz CT molecular complexity index is 749. The van der Waals surface area contributed by atoms with E-state index in [0.29, 0.717) is 6.54 Å². The third-order valence-corrected chi connectivity index (χ3v) is 3.91. The van der Waals surface area contributed by atoms with E-state index in [9.17, 15) is 4.39 Å². The zero-order chi connectivity index (χ0) is 13.4. The summed E-state index contributed by atoms with van der Waals surface area (Å²) in [5.41, 5.74) is 3.12. The molecule has 0 spiro atoms. The number of nitrogens with zero attached hydrogens (tertiary/aromatic N) is 2. The molecule has 2 nitrogen and oxygen atoms in total. The van der Waals surface area contributed by atoms with Gasteiger partial charge in [-0.1, -0.05) is 12.1 Å². The van der Waals surface area contributed by atoms with Crippen LogP contribution in [0.15, 0.2) is 42.6 Å². The van der Waals surface area contributed by atoms with Gasteiger partial charge in [0.25, 0.3) is 0 Å². The van der Waals surface area contributed by atoms with Gasteiger partial charge in [-0.05, 0) is 64.9 Å². The van der Waals surface area contributed by atoms with E-state index in [4.69, 9.17) is 0 Å². The lowest BCUT2D eigenvalue weighted by atomic mass is 10.1. The van der Waals surface area contributed by atoms with E-state index in [1.807, 2.05) is 17.8 Å². The molecule has 4 heteroatoms. The topological polar surface area (TPSA) is 17.8 Å². The fourth-order valence-electron chi connectivity index (χ4n) is 2.14. The van der Waals surface area contributed by atoms with E-state index in [-0.39, 0.29) is 5.82 Å². The molecule has 3 aromatic rings. The maximum absolute atomic E-state index is 13.3. The number of halogens is 2. The minimum Gasteiger partial charge on any atom is -0.260 e. The molecule has 1 aromatic heterocycles. The van der Waals surface area contributed by atoms with E-state index >= 15 is 0 Å². The summed E-state index contributed by atoms with van der Waals surface area (Å²) in [4.78, 5) is 0. The van der Waals surface area contributed by atoms with Crippen molar-refractivity contribution in [1.82, 2.24) is 9.78 Å². The van der Waals surface area contributed by atoms with Crippen LogP contribution in [-0.2, 0) is 6.54 Å². The van der Waals surface area contributed by atoms with Gasteiger partial charge in [0.2, 0.25) is 0 Å². The molecule has 0 amide bonds. The zero-order valence-electron chi connectivity index (χ0n) is 10.4. The van der Waals surface area contributed by atoms with Crippen LogP contribution in [0, 0.1) is 16.3 Å². The monoisotopic (exact) mass is 366 g/mol. The van der Waals surface area contributed by atoms with Crippen molar-refractivity contribution in [2.45, 2.75) is 13.5 Å². The number of benzene rings is 2. The molecule has 0 fully saturated rings. The van der Waals surface area contributed by atoms with Gasteiger partial charge in [0.15, 0.2) is 0 Å². The van der Waals surface area contributed by atoms with Crippen molar-refractivity contribution in [3.05, 3.63) is 63.1 Å². The maximum Gasteiger partial charge on any atom is 0.123 e. The van der Waals surface area contributed by atoms with Crippen LogP contribution in [0.1, 0.15) is 11.1 Å². The van der Waals surface area contributed by atoms with Crippen LogP contribution in [0.4, 0.5) is 4.39 Å². The molecule has 0 atom stereocenters. The fourth-order valence-corrected chi connectivity index (χ4v) is 2.62. The van der Waals surface area contributed by atoms with Crippen molar-refractivity contribution in [3.8, 4) is 0 Å². The molecule has 0 N–H and O–H groups in total. The smallest absolute Gasteiger partial charge is 0.123 e. The lowest BCUT2D eigenvalue weighted by Gasteiger charge is -2.07. The van der Waals surface area contributed by atoms with E-state index in [1.54, 1.807) is 12.1 Å². The highest BCUT2D eigenvalue weighted by Crippen LogP contribution is 2.19. The molecule has 0 saturated heterocycles. The fraction of sp³-hybridized carbons (Fsp3) is 0.133. The van der Waals surface area contributed by atoms with Crippen LogP contribution < -0.4 is 0 Å². The first kappa shape index (κ1) is 12.6. The second-order valence-electron chi connectivity index (χ2n) is 4.58. The van der Waals surface area contributed by atoms with Crippen LogP contribution in [0.25, 0.3) is 10.9 Å². The van der Waals surface area contributed by atoms with Crippen molar-refractivity contribution < 1.29 is 4.39 Å². The zero-order valence-corrected chi connectivity index (χ0v) is 12.6. The molecule has 0 bridgehead atoms. The molecule has 0 unspecified atom stereocenters. The average molecular weight is 366 g/mol. The van der Waals surface area contributed by atoms with Crippen molar-refractivity contribution in [1.29, 1.82) is 0 Å². The largest absolute Gasteiger partial charge is 0.260 e. The summed E-state index contributed by atoms with van der Waals surface area (Å²) >= 11 is 2.28. The van der Waals surface area contributed by atoms with Crippen LogP contribution in [0.5, 0.6) is 0 Å². The van der Waals surface area contributed by atoms with Crippen LogP contribution in [-0.4, -0.2) is 9.78 Å². The van der Waals surface area contributed by atoms with E-state index in [2.05, 4.69) is 45.9 Å². The summed E-state index contributed by atoms with van der Waals surface area (Å²) in [6.07, 6.45) is 1.85. The highest BCUT2D eigenvalue weighted by Gasteiger charge is 2.06. The third-order valence-electron chi connectivity index (χ3n) is 3.24. The number of aryl methyl sites for hydroxylation is 1. The Balaban J connectivity index is 2.05. The first-order valence-corrected chi connectivity index (χ1v) is 7.07. The molecule has 3 rings (SSSR count). The molecule has 1 heterocycles. The lowest BCUT2D eigenvalue weighted by Crippen LogP contribution is -2.03. The number of fused-ring (bicyclic) bond motifs is 1. The summed E-state index contributed by atoms with van der Waals surface area (Å²) in [5, 5.41) is 5.50. The minimum absolute atomic E-state index is 0.202. The molecule has 0 radical (unpaired) electrons. The number of rotatable bonds is 2. The van der Waals surface area contributed by atoms with Crippen molar-refractivity contribution in [2.24, 2.45) is 0 Å². The summed E-state index contributed by atoms with van der Waals surface area (Å²) < 4.78 is 16.4. The summed E-state index contributed by atoms with van der Waals surface area (Å²) in [5.74, 6) is -0.202. The van der Waals surface area contributed by atoms with Crippen molar-refractivity contribution >= 4 is 33.5 Å². The Labute approximate surface area is 124 Å². The molecule has 0 saturated carbocycles. The highest BCUT2D eigenvalue weighted by atomic mass is 127. The predicted octanol–water partition coefficient (Wildman–Crippen LogP) is 4.14. The highest BCUT2D eigenvalue weighted by molar-refractivity contribution is 14.1. The average Bonchev–Trinajstić information content (AvgIpc) is 2.77. The summed E-state index contributed by atoms with van der Waals surface area (Å²) in [6, 6.07) is 11.1. The summed E-state index contributed by atoms with van der Waals surface area (Å²) in [7, 11) is 0. The third kappa shape index (κ3) is 2.49. The maximum atomic E-state index is 13.3. The normalized spacial score (nSPS) is 11.1. The first-order valence-electron chi connectivity index (χ1n) is 5.99. The SMILES string of the molecule is Cc1ccc(F)cc1Cn1ncc2ccc(I)cc21. The lowest BCUT2D eigenvalue weighted by molar-refractivity contribution is 0.620. The molecule has 0 aliphatic rings. The molecule has 96 valence electrons. The Hall–Kier alpha value is -1.43. The van der Waals surface area contributed by atoms with E-state index in [0.717, 1.165) is 22.0 Å². The predicted molar refractivity (Wildman–Crippen MR) is 82.7 cm³/mol. The summed E-state index contributed by atoms with van der Waals surface area (Å²) in [6.45, 7) is 2.58. The van der Waals surface area contributed by atoms with E-state index in [1.165, 1.54) is 9.64 Å². The second kappa shape index (κ2) is 4.92. The first-order chi connectivity index (χ1) is 9.13. The van der Waals surface area contributed by atoms with Gasteiger partial charge in [-0.2, -0.15) is 5.10 Å². The number of hydrogen-bond donors (Lipinski definition) is 0. The Morgan fingerprint density at radius 1 is 1.21 bits per heavy atom. The van der Waals surface area contributed by atoms with Crippen molar-refractivity contribution in [3.63, 3.8) is 0 Å². The van der Waals surface area contributed by atoms with Gasteiger partial charge in [-0.3, -0.25) is 4.68 Å². The Morgan fingerprint density at radius 3 is 2.89 bits per heavy atom. The van der Waals surface area contributed by atoms with Gasteiger partial charge in [0.05, 0.1) is 18.3 Å². The van der Waals surface area contributed by atoms with Gasteiger partial charge in [0.1, 0.15) is 5.82 Å². The number of hydrogen-bond acceptors (Lipinski definition) is 1. The van der Waals surface area contributed by atoms with Gasteiger partial charge in [0, 0.05) is 8.96 Å². The molecule has 2 aromatic carbocycles. The van der Waals surface area contributed by atoms with Gasteiger partial charge < -0.3 is 0 Å². The molecule has 0 aliphatic heterocycles.